The zero-order valence-corrected chi connectivity index (χ0v) is 8.63. The Hall–Kier alpha value is -0.140. The van der Waals surface area contributed by atoms with Gasteiger partial charge in [-0.15, -0.1) is 11.3 Å². The summed E-state index contributed by atoms with van der Waals surface area (Å²) in [6.07, 6.45) is -4.22. The van der Waals surface area contributed by atoms with Gasteiger partial charge in [-0.05, 0) is 15.9 Å². The van der Waals surface area contributed by atoms with Crippen LogP contribution in [-0.4, -0.2) is 16.7 Å². The van der Waals surface area contributed by atoms with Gasteiger partial charge in [-0.25, -0.2) is 4.98 Å². The number of nitrogens with zero attached hydrogens (tertiary/aromatic N) is 1. The molecule has 1 N–H and O–H groups in total. The highest BCUT2D eigenvalue weighted by molar-refractivity contribution is 9.10. The molecule has 0 saturated carbocycles. The summed E-state index contributed by atoms with van der Waals surface area (Å²) in [7, 11) is 0. The Labute approximate surface area is 84.5 Å². The lowest BCUT2D eigenvalue weighted by atomic mass is 10.5. The van der Waals surface area contributed by atoms with Crippen molar-refractivity contribution in [3.05, 3.63) is 14.5 Å². The Morgan fingerprint density at radius 1 is 1.46 bits per heavy atom. The van der Waals surface area contributed by atoms with E-state index in [1.807, 2.05) is 0 Å². The van der Waals surface area contributed by atoms with Gasteiger partial charge in [0.05, 0.1) is 5.01 Å². The van der Waals surface area contributed by atoms with Crippen molar-refractivity contribution < 1.29 is 18.3 Å². The summed E-state index contributed by atoms with van der Waals surface area (Å²) in [6.45, 7) is -0.197. The van der Waals surface area contributed by atoms with E-state index in [2.05, 4.69) is 20.9 Å². The molecule has 1 rings (SSSR count). The molecule has 0 unspecified atom stereocenters. The molecule has 1 heterocycles. The van der Waals surface area contributed by atoms with Crippen LogP contribution in [0.5, 0.6) is 0 Å². The van der Waals surface area contributed by atoms with Gasteiger partial charge in [0.25, 0.3) is 0 Å². The van der Waals surface area contributed by atoms with Gasteiger partial charge in [0.15, 0.2) is 0 Å². The Kier molecular flexibility index (Phi) is 3.31. The average Bonchev–Trinajstić information content (AvgIpc) is 2.30. The number of rotatable bonds is 2. The first-order valence-electron chi connectivity index (χ1n) is 3.28. The molecular formula is C6H5BrF3NOS. The molecule has 0 spiro atoms. The second kappa shape index (κ2) is 3.93. The quantitative estimate of drug-likeness (QED) is 0.900. The number of aliphatic hydroxyl groups excluding tert-OH is 1. The van der Waals surface area contributed by atoms with Gasteiger partial charge >= 0.3 is 6.18 Å². The lowest BCUT2D eigenvalue weighted by Crippen LogP contribution is -2.02. The van der Waals surface area contributed by atoms with E-state index in [-0.39, 0.29) is 22.6 Å². The third-order valence-corrected chi connectivity index (χ3v) is 3.21. The number of aromatic nitrogens is 1. The van der Waals surface area contributed by atoms with Crippen LogP contribution in [0.15, 0.2) is 4.60 Å². The molecule has 0 aliphatic carbocycles. The van der Waals surface area contributed by atoms with E-state index < -0.39 is 11.1 Å². The van der Waals surface area contributed by atoms with Crippen molar-refractivity contribution in [2.24, 2.45) is 0 Å². The lowest BCUT2D eigenvalue weighted by Gasteiger charge is -2.00. The minimum Gasteiger partial charge on any atom is -0.396 e. The molecule has 0 amide bonds. The molecule has 0 aromatic carbocycles. The highest BCUT2D eigenvalue weighted by Gasteiger charge is 2.36. The van der Waals surface area contributed by atoms with E-state index in [0.29, 0.717) is 11.3 Å². The van der Waals surface area contributed by atoms with Crippen LogP contribution in [0.4, 0.5) is 13.2 Å². The molecule has 7 heteroatoms. The van der Waals surface area contributed by atoms with Crippen molar-refractivity contribution in [1.82, 2.24) is 4.98 Å². The van der Waals surface area contributed by atoms with Crippen LogP contribution in [0, 0.1) is 0 Å². The van der Waals surface area contributed by atoms with Crippen LogP contribution in [0.25, 0.3) is 0 Å². The summed E-state index contributed by atoms with van der Waals surface area (Å²) in [5, 5.41) is 8.77. The second-order valence-corrected chi connectivity index (χ2v) is 4.03. The summed E-state index contributed by atoms with van der Waals surface area (Å²) in [6, 6.07) is 0. The number of thiazole rings is 1. The summed E-state index contributed by atoms with van der Waals surface area (Å²) in [5.41, 5.74) is 0. The molecular weight excluding hydrogens is 271 g/mol. The van der Waals surface area contributed by atoms with Gasteiger partial charge in [0.2, 0.25) is 0 Å². The number of aliphatic hydroxyl groups is 1. The number of hydrogen-bond donors (Lipinski definition) is 1. The second-order valence-electron chi connectivity index (χ2n) is 2.20. The van der Waals surface area contributed by atoms with E-state index >= 15 is 0 Å². The van der Waals surface area contributed by atoms with Crippen LogP contribution < -0.4 is 0 Å². The fraction of sp³-hybridized carbons (Fsp3) is 0.500. The number of alkyl halides is 3. The van der Waals surface area contributed by atoms with Gasteiger partial charge < -0.3 is 5.11 Å². The van der Waals surface area contributed by atoms with Gasteiger partial charge in [0.1, 0.15) is 9.48 Å². The standard InChI is InChI=1S/C6H5BrF3NOS/c7-5-4(6(8,9)10)13-3(11-5)1-2-12/h12H,1-2H2. The number of hydrogen-bond acceptors (Lipinski definition) is 3. The fourth-order valence-electron chi connectivity index (χ4n) is 0.720. The maximum absolute atomic E-state index is 12.2. The van der Waals surface area contributed by atoms with Crippen molar-refractivity contribution in [1.29, 1.82) is 0 Å². The van der Waals surface area contributed by atoms with Crippen LogP contribution >= 0.6 is 27.3 Å². The first kappa shape index (κ1) is 10.9. The van der Waals surface area contributed by atoms with E-state index in [1.165, 1.54) is 0 Å². The summed E-state index contributed by atoms with van der Waals surface area (Å²) in [4.78, 5) is 2.87. The zero-order chi connectivity index (χ0) is 10.1. The molecule has 1 aromatic rings. The zero-order valence-electron chi connectivity index (χ0n) is 6.23. The molecule has 0 saturated heterocycles. The Balaban J connectivity index is 2.96. The van der Waals surface area contributed by atoms with E-state index in [0.717, 1.165) is 0 Å². The monoisotopic (exact) mass is 275 g/mol. The van der Waals surface area contributed by atoms with Crippen LogP contribution in [0.2, 0.25) is 0 Å². The van der Waals surface area contributed by atoms with Crippen molar-refractivity contribution in [2.75, 3.05) is 6.61 Å². The molecule has 74 valence electrons. The van der Waals surface area contributed by atoms with Gasteiger partial charge in [-0.2, -0.15) is 13.2 Å². The maximum Gasteiger partial charge on any atom is 0.428 e. The summed E-state index contributed by atoms with van der Waals surface area (Å²) in [5.74, 6) is 0. The molecule has 2 nitrogen and oxygen atoms in total. The minimum absolute atomic E-state index is 0.152. The van der Waals surface area contributed by atoms with E-state index in [1.54, 1.807) is 0 Å². The molecule has 0 aliphatic rings. The van der Waals surface area contributed by atoms with Crippen molar-refractivity contribution in [3.8, 4) is 0 Å². The van der Waals surface area contributed by atoms with Gasteiger partial charge in [0, 0.05) is 13.0 Å². The molecule has 13 heavy (non-hydrogen) atoms. The lowest BCUT2D eigenvalue weighted by molar-refractivity contribution is -0.135. The van der Waals surface area contributed by atoms with Crippen molar-refractivity contribution in [2.45, 2.75) is 12.6 Å². The van der Waals surface area contributed by atoms with Crippen LogP contribution in [0.3, 0.4) is 0 Å². The average molecular weight is 276 g/mol. The minimum atomic E-state index is -4.37. The highest BCUT2D eigenvalue weighted by Crippen LogP contribution is 2.38. The number of halogens is 4. The van der Waals surface area contributed by atoms with Crippen LogP contribution in [0.1, 0.15) is 9.88 Å². The van der Waals surface area contributed by atoms with Crippen LogP contribution in [-0.2, 0) is 12.6 Å². The SMILES string of the molecule is OCCc1nc(Br)c(C(F)(F)F)s1. The van der Waals surface area contributed by atoms with E-state index in [9.17, 15) is 13.2 Å². The predicted octanol–water partition coefficient (Wildman–Crippen LogP) is 2.46. The largest absolute Gasteiger partial charge is 0.428 e. The van der Waals surface area contributed by atoms with Gasteiger partial charge in [-0.3, -0.25) is 0 Å². The molecule has 0 fully saturated rings. The summed E-state index contributed by atoms with van der Waals surface area (Å²) < 4.78 is 36.3. The Bertz CT molecular complexity index is 299. The smallest absolute Gasteiger partial charge is 0.396 e. The molecule has 0 atom stereocenters. The molecule has 0 radical (unpaired) electrons. The third kappa shape index (κ3) is 2.65. The van der Waals surface area contributed by atoms with Crippen molar-refractivity contribution >= 4 is 27.3 Å². The highest BCUT2D eigenvalue weighted by atomic mass is 79.9. The first-order chi connectivity index (χ1) is 5.95. The van der Waals surface area contributed by atoms with E-state index in [4.69, 9.17) is 5.11 Å². The Morgan fingerprint density at radius 3 is 2.46 bits per heavy atom. The normalized spacial score (nSPS) is 12.1. The molecule has 0 bridgehead atoms. The molecule has 1 aromatic heterocycles. The van der Waals surface area contributed by atoms with Gasteiger partial charge in [-0.1, -0.05) is 0 Å². The van der Waals surface area contributed by atoms with Crippen molar-refractivity contribution in [3.63, 3.8) is 0 Å². The maximum atomic E-state index is 12.2. The predicted molar refractivity (Wildman–Crippen MR) is 45.6 cm³/mol. The molecule has 0 aliphatic heterocycles. The topological polar surface area (TPSA) is 33.1 Å². The Morgan fingerprint density at radius 2 is 2.08 bits per heavy atom. The third-order valence-electron chi connectivity index (χ3n) is 1.21. The summed E-state index contributed by atoms with van der Waals surface area (Å²) >= 11 is 3.27. The first-order valence-corrected chi connectivity index (χ1v) is 4.89. The fourth-order valence-corrected chi connectivity index (χ4v) is 2.33.